The van der Waals surface area contributed by atoms with Crippen molar-refractivity contribution < 1.29 is 14.0 Å². The first-order chi connectivity index (χ1) is 13.2. The molecule has 2 amide bonds. The maximum atomic E-state index is 12.7. The van der Waals surface area contributed by atoms with Crippen LogP contribution >= 0.6 is 0 Å². The van der Waals surface area contributed by atoms with Gasteiger partial charge >= 0.3 is 0 Å². The van der Waals surface area contributed by atoms with Gasteiger partial charge in [-0.05, 0) is 43.0 Å². The Morgan fingerprint density at radius 2 is 2.07 bits per heavy atom. The summed E-state index contributed by atoms with van der Waals surface area (Å²) in [6, 6.07) is 14.1. The summed E-state index contributed by atoms with van der Waals surface area (Å²) in [6.45, 7) is 2.94. The van der Waals surface area contributed by atoms with Crippen molar-refractivity contribution in [1.82, 2.24) is 10.2 Å². The number of likely N-dealkylation sites (tertiary alicyclic amines) is 1. The van der Waals surface area contributed by atoms with Crippen LogP contribution in [0.15, 0.2) is 59.2 Å². The molecule has 1 aliphatic heterocycles. The van der Waals surface area contributed by atoms with Gasteiger partial charge in [-0.3, -0.25) is 9.59 Å². The molecule has 27 heavy (non-hydrogen) atoms. The van der Waals surface area contributed by atoms with Crippen molar-refractivity contribution in [3.63, 3.8) is 0 Å². The molecule has 1 fully saturated rings. The summed E-state index contributed by atoms with van der Waals surface area (Å²) in [5.74, 6) is 0.606. The quantitative estimate of drug-likeness (QED) is 0.762. The molecule has 2 aromatic rings. The Labute approximate surface area is 160 Å². The minimum atomic E-state index is -0.300. The predicted octanol–water partition coefficient (Wildman–Crippen LogP) is 3.59. The van der Waals surface area contributed by atoms with Crippen LogP contribution in [-0.4, -0.2) is 35.8 Å². The third kappa shape index (κ3) is 4.88. The van der Waals surface area contributed by atoms with Gasteiger partial charge < -0.3 is 14.6 Å². The van der Waals surface area contributed by atoms with E-state index in [9.17, 15) is 9.59 Å². The molecule has 0 bridgehead atoms. The van der Waals surface area contributed by atoms with Gasteiger partial charge in [0.15, 0.2) is 0 Å². The summed E-state index contributed by atoms with van der Waals surface area (Å²) in [4.78, 5) is 26.6. The second kappa shape index (κ2) is 9.21. The Morgan fingerprint density at radius 1 is 1.26 bits per heavy atom. The van der Waals surface area contributed by atoms with Gasteiger partial charge in [0.2, 0.25) is 11.8 Å². The number of nitrogens with one attached hydrogen (secondary N) is 1. The van der Waals surface area contributed by atoms with Gasteiger partial charge in [0.05, 0.1) is 12.8 Å². The van der Waals surface area contributed by atoms with E-state index in [1.807, 2.05) is 23.1 Å². The molecule has 1 saturated heterocycles. The second-order valence-corrected chi connectivity index (χ2v) is 6.79. The first kappa shape index (κ1) is 19.0. The Hall–Kier alpha value is -2.82. The molecule has 0 spiro atoms. The van der Waals surface area contributed by atoms with E-state index in [-0.39, 0.29) is 24.4 Å². The molecule has 0 aliphatic carbocycles. The third-order valence-electron chi connectivity index (χ3n) is 5.11. The van der Waals surface area contributed by atoms with Gasteiger partial charge in [-0.1, -0.05) is 37.3 Å². The van der Waals surface area contributed by atoms with Crippen LogP contribution in [0.2, 0.25) is 0 Å². The fourth-order valence-corrected chi connectivity index (χ4v) is 3.82. The van der Waals surface area contributed by atoms with E-state index in [2.05, 4.69) is 24.4 Å². The molecule has 1 aromatic carbocycles. The number of rotatable bonds is 7. The number of carbonyl (C=O) groups is 2. The van der Waals surface area contributed by atoms with Crippen molar-refractivity contribution in [2.75, 3.05) is 13.1 Å². The normalized spacial score (nSPS) is 18.0. The van der Waals surface area contributed by atoms with Crippen LogP contribution in [0.25, 0.3) is 6.08 Å². The zero-order valence-electron chi connectivity index (χ0n) is 15.6. The molecule has 1 aliphatic rings. The maximum Gasteiger partial charge on any atom is 0.244 e. The monoisotopic (exact) mass is 366 g/mol. The summed E-state index contributed by atoms with van der Waals surface area (Å²) in [7, 11) is 0. The van der Waals surface area contributed by atoms with Crippen LogP contribution in [0.4, 0.5) is 0 Å². The highest BCUT2D eigenvalue weighted by Crippen LogP contribution is 2.33. The number of carbonyl (C=O) groups excluding carboxylic acids is 2. The van der Waals surface area contributed by atoms with E-state index in [0.717, 1.165) is 25.8 Å². The van der Waals surface area contributed by atoms with E-state index < -0.39 is 0 Å². The number of furan rings is 1. The summed E-state index contributed by atoms with van der Waals surface area (Å²) in [5.41, 5.74) is 1.27. The van der Waals surface area contributed by atoms with Crippen LogP contribution in [0.1, 0.15) is 43.4 Å². The molecule has 5 heteroatoms. The summed E-state index contributed by atoms with van der Waals surface area (Å²) < 4.78 is 5.14. The largest absolute Gasteiger partial charge is 0.465 e. The average molecular weight is 366 g/mol. The molecule has 1 N–H and O–H groups in total. The van der Waals surface area contributed by atoms with E-state index in [0.29, 0.717) is 11.7 Å². The van der Waals surface area contributed by atoms with Crippen molar-refractivity contribution in [2.24, 2.45) is 0 Å². The molecular weight excluding hydrogens is 340 g/mol. The number of hydrogen-bond donors (Lipinski definition) is 1. The second-order valence-electron chi connectivity index (χ2n) is 6.79. The first-order valence-electron chi connectivity index (χ1n) is 9.53. The zero-order chi connectivity index (χ0) is 19.1. The summed E-state index contributed by atoms with van der Waals surface area (Å²) in [5, 5.41) is 2.68. The molecule has 5 nitrogen and oxygen atoms in total. The van der Waals surface area contributed by atoms with E-state index in [1.54, 1.807) is 24.5 Å². The molecule has 0 saturated carbocycles. The van der Waals surface area contributed by atoms with E-state index in [4.69, 9.17) is 4.42 Å². The summed E-state index contributed by atoms with van der Waals surface area (Å²) in [6.07, 6.45) is 7.51. The van der Waals surface area contributed by atoms with Crippen molar-refractivity contribution in [3.05, 3.63) is 66.1 Å². The fraction of sp³-hybridized carbons (Fsp3) is 0.364. The lowest BCUT2D eigenvalue weighted by atomic mass is 9.87. The van der Waals surface area contributed by atoms with Gasteiger partial charge in [0.1, 0.15) is 5.76 Å². The lowest BCUT2D eigenvalue weighted by Crippen LogP contribution is -2.44. The average Bonchev–Trinajstić information content (AvgIpc) is 3.38. The Morgan fingerprint density at radius 3 is 2.78 bits per heavy atom. The molecule has 142 valence electrons. The number of hydrogen-bond acceptors (Lipinski definition) is 3. The number of benzene rings is 1. The van der Waals surface area contributed by atoms with Crippen molar-refractivity contribution >= 4 is 17.9 Å². The van der Waals surface area contributed by atoms with Gasteiger partial charge in [-0.25, -0.2) is 0 Å². The standard InChI is InChI=1S/C22H26N2O3/c1-2-19(17-8-4-3-5-9-17)20-11-6-14-24(20)22(26)16-23-21(25)13-12-18-10-7-15-27-18/h3-5,7-10,12-13,15,19-20H,2,6,11,14,16H2,1H3,(H,23,25)/b13-12+/t19-,20+/m1/s1. The molecule has 0 unspecified atom stereocenters. The zero-order valence-corrected chi connectivity index (χ0v) is 15.6. The minimum absolute atomic E-state index is 0.0169. The molecule has 0 radical (unpaired) electrons. The topological polar surface area (TPSA) is 62.6 Å². The Kier molecular flexibility index (Phi) is 6.47. The van der Waals surface area contributed by atoms with Crippen molar-refractivity contribution in [1.29, 1.82) is 0 Å². The van der Waals surface area contributed by atoms with Crippen LogP contribution in [0, 0.1) is 0 Å². The van der Waals surface area contributed by atoms with E-state index >= 15 is 0 Å². The fourth-order valence-electron chi connectivity index (χ4n) is 3.82. The summed E-state index contributed by atoms with van der Waals surface area (Å²) >= 11 is 0. The first-order valence-corrected chi connectivity index (χ1v) is 9.53. The van der Waals surface area contributed by atoms with Gasteiger partial charge in [-0.15, -0.1) is 0 Å². The van der Waals surface area contributed by atoms with Crippen LogP contribution in [0.5, 0.6) is 0 Å². The molecular formula is C22H26N2O3. The molecule has 2 heterocycles. The van der Waals surface area contributed by atoms with Gasteiger partial charge in [0.25, 0.3) is 0 Å². The van der Waals surface area contributed by atoms with Gasteiger partial charge in [-0.2, -0.15) is 0 Å². The Bertz CT molecular complexity index is 768. The predicted molar refractivity (Wildman–Crippen MR) is 105 cm³/mol. The lowest BCUT2D eigenvalue weighted by Gasteiger charge is -2.31. The molecule has 3 rings (SSSR count). The van der Waals surface area contributed by atoms with Crippen molar-refractivity contribution in [3.8, 4) is 0 Å². The highest BCUT2D eigenvalue weighted by atomic mass is 16.3. The van der Waals surface area contributed by atoms with Crippen LogP contribution < -0.4 is 5.32 Å². The van der Waals surface area contributed by atoms with Gasteiger partial charge in [0, 0.05) is 24.6 Å². The smallest absolute Gasteiger partial charge is 0.244 e. The third-order valence-corrected chi connectivity index (χ3v) is 5.11. The lowest BCUT2D eigenvalue weighted by molar-refractivity contribution is -0.133. The number of amides is 2. The number of nitrogens with zero attached hydrogens (tertiary/aromatic N) is 1. The maximum absolute atomic E-state index is 12.7. The van der Waals surface area contributed by atoms with Crippen LogP contribution in [-0.2, 0) is 9.59 Å². The minimum Gasteiger partial charge on any atom is -0.465 e. The highest BCUT2D eigenvalue weighted by molar-refractivity contribution is 5.94. The van der Waals surface area contributed by atoms with Crippen LogP contribution in [0.3, 0.4) is 0 Å². The SMILES string of the molecule is CC[C@H](c1ccccc1)[C@@H]1CCCN1C(=O)CNC(=O)/C=C/c1ccco1. The molecule has 2 atom stereocenters. The Balaban J connectivity index is 1.57. The highest BCUT2D eigenvalue weighted by Gasteiger charge is 2.34. The van der Waals surface area contributed by atoms with Crippen molar-refractivity contribution in [2.45, 2.75) is 38.1 Å². The molecule has 1 aromatic heterocycles. The van der Waals surface area contributed by atoms with E-state index in [1.165, 1.54) is 11.6 Å².